The lowest BCUT2D eigenvalue weighted by Crippen LogP contribution is -2.27. The van der Waals surface area contributed by atoms with Crippen LogP contribution in [0.4, 0.5) is 0 Å². The van der Waals surface area contributed by atoms with Gasteiger partial charge in [-0.1, -0.05) is 23.4 Å². The molecule has 130 valence electrons. The Morgan fingerprint density at radius 2 is 2.04 bits per heavy atom. The first-order valence-electron chi connectivity index (χ1n) is 7.46. The number of aromatic nitrogens is 4. The molecule has 9 heteroatoms. The summed E-state index contributed by atoms with van der Waals surface area (Å²) in [5, 5.41) is 12.4. The molecule has 2 heterocycles. The summed E-state index contributed by atoms with van der Waals surface area (Å²) in [7, 11) is 3.47. The van der Waals surface area contributed by atoms with E-state index in [9.17, 15) is 4.79 Å². The van der Waals surface area contributed by atoms with Gasteiger partial charge in [-0.05, 0) is 46.8 Å². The average molecular weight is 378 g/mol. The van der Waals surface area contributed by atoms with Gasteiger partial charge in [0.25, 0.3) is 0 Å². The second-order valence-electron chi connectivity index (χ2n) is 5.40. The monoisotopic (exact) mass is 377 g/mol. The molecular formula is C16H16ClN5O2S. The van der Waals surface area contributed by atoms with Crippen LogP contribution in [-0.4, -0.2) is 43.8 Å². The number of halogens is 1. The number of tetrazole rings is 1. The molecule has 3 aromatic rings. The summed E-state index contributed by atoms with van der Waals surface area (Å²) in [5.41, 5.74) is 0.940. The van der Waals surface area contributed by atoms with E-state index in [4.69, 9.17) is 16.0 Å². The summed E-state index contributed by atoms with van der Waals surface area (Å²) in [6.45, 7) is 0.393. The molecule has 0 bridgehead atoms. The van der Waals surface area contributed by atoms with E-state index in [1.54, 1.807) is 19.0 Å². The van der Waals surface area contributed by atoms with E-state index in [2.05, 4.69) is 15.5 Å². The van der Waals surface area contributed by atoms with Crippen molar-refractivity contribution in [3.63, 3.8) is 0 Å². The van der Waals surface area contributed by atoms with Gasteiger partial charge in [-0.25, -0.2) is 4.68 Å². The molecule has 1 aromatic carbocycles. The Morgan fingerprint density at radius 1 is 1.28 bits per heavy atom. The van der Waals surface area contributed by atoms with Crippen molar-refractivity contribution in [3.05, 3.63) is 47.2 Å². The first-order chi connectivity index (χ1) is 12.0. The predicted octanol–water partition coefficient (Wildman–Crippen LogP) is 2.87. The lowest BCUT2D eigenvalue weighted by atomic mass is 10.2. The van der Waals surface area contributed by atoms with Crippen molar-refractivity contribution in [2.45, 2.75) is 11.7 Å². The average Bonchev–Trinajstić information content (AvgIpc) is 3.22. The molecule has 0 unspecified atom stereocenters. The van der Waals surface area contributed by atoms with E-state index >= 15 is 0 Å². The van der Waals surface area contributed by atoms with E-state index < -0.39 is 0 Å². The number of aryl methyl sites for hydroxylation is 1. The second-order valence-corrected chi connectivity index (χ2v) is 6.78. The van der Waals surface area contributed by atoms with Gasteiger partial charge in [-0.3, -0.25) is 4.79 Å². The SMILES string of the molecule is CN(Cc1ccc(-c2ccc(Cl)cc2)o1)C(=O)CSc1nnnn1C. The van der Waals surface area contributed by atoms with Crippen molar-refractivity contribution >= 4 is 29.3 Å². The summed E-state index contributed by atoms with van der Waals surface area (Å²) in [6.07, 6.45) is 0. The van der Waals surface area contributed by atoms with E-state index in [0.717, 1.165) is 11.3 Å². The number of amides is 1. The number of carbonyl (C=O) groups is 1. The fourth-order valence-corrected chi connectivity index (χ4v) is 3.05. The standard InChI is InChI=1S/C16H16ClN5O2S/c1-21(15(23)10-25-16-18-19-20-22(16)2)9-13-7-8-14(24-13)11-3-5-12(17)6-4-11/h3-8H,9-10H2,1-2H3. The number of rotatable bonds is 6. The maximum Gasteiger partial charge on any atom is 0.233 e. The molecule has 0 saturated carbocycles. The maximum atomic E-state index is 12.2. The Bertz CT molecular complexity index is 862. The Balaban J connectivity index is 1.57. The molecule has 1 amide bonds. The van der Waals surface area contributed by atoms with Crippen LogP contribution in [0.2, 0.25) is 5.02 Å². The van der Waals surface area contributed by atoms with Gasteiger partial charge in [0.1, 0.15) is 11.5 Å². The molecule has 0 saturated heterocycles. The maximum absolute atomic E-state index is 12.2. The minimum Gasteiger partial charge on any atom is -0.459 e. The number of hydrogen-bond donors (Lipinski definition) is 0. The highest BCUT2D eigenvalue weighted by Gasteiger charge is 2.14. The van der Waals surface area contributed by atoms with E-state index in [0.29, 0.717) is 22.5 Å². The van der Waals surface area contributed by atoms with Crippen LogP contribution in [0.5, 0.6) is 0 Å². The number of benzene rings is 1. The number of carbonyl (C=O) groups excluding carboxylic acids is 1. The smallest absolute Gasteiger partial charge is 0.233 e. The minimum atomic E-state index is -0.0301. The van der Waals surface area contributed by atoms with Crippen LogP contribution < -0.4 is 0 Å². The summed E-state index contributed by atoms with van der Waals surface area (Å²) in [5.74, 6) is 1.69. The third kappa shape index (κ3) is 4.40. The van der Waals surface area contributed by atoms with E-state index in [-0.39, 0.29) is 11.7 Å². The molecular weight excluding hydrogens is 362 g/mol. The first kappa shape index (κ1) is 17.5. The molecule has 25 heavy (non-hydrogen) atoms. The van der Waals surface area contributed by atoms with Gasteiger partial charge in [-0.15, -0.1) is 5.10 Å². The third-order valence-corrected chi connectivity index (χ3v) is 4.76. The van der Waals surface area contributed by atoms with Crippen molar-refractivity contribution in [2.75, 3.05) is 12.8 Å². The molecule has 0 spiro atoms. The molecule has 0 aliphatic carbocycles. The molecule has 0 atom stereocenters. The zero-order chi connectivity index (χ0) is 17.8. The summed E-state index contributed by atoms with van der Waals surface area (Å²) < 4.78 is 7.35. The van der Waals surface area contributed by atoms with Gasteiger partial charge in [-0.2, -0.15) is 0 Å². The van der Waals surface area contributed by atoms with Crippen molar-refractivity contribution < 1.29 is 9.21 Å². The zero-order valence-corrected chi connectivity index (χ0v) is 15.3. The van der Waals surface area contributed by atoms with Crippen LogP contribution >= 0.6 is 23.4 Å². The fourth-order valence-electron chi connectivity index (χ4n) is 2.13. The topological polar surface area (TPSA) is 77.1 Å². The fraction of sp³-hybridized carbons (Fsp3) is 0.250. The van der Waals surface area contributed by atoms with E-state index in [1.165, 1.54) is 16.4 Å². The summed E-state index contributed by atoms with van der Waals surface area (Å²) in [4.78, 5) is 13.9. The molecule has 0 N–H and O–H groups in total. The Labute approximate surface area is 153 Å². The highest BCUT2D eigenvalue weighted by molar-refractivity contribution is 7.99. The van der Waals surface area contributed by atoms with Crippen molar-refractivity contribution in [2.24, 2.45) is 7.05 Å². The largest absolute Gasteiger partial charge is 0.459 e. The highest BCUT2D eigenvalue weighted by atomic mass is 35.5. The van der Waals surface area contributed by atoms with Crippen LogP contribution in [0.15, 0.2) is 46.0 Å². The van der Waals surface area contributed by atoms with Gasteiger partial charge in [0.15, 0.2) is 0 Å². The molecule has 2 aromatic heterocycles. The normalized spacial score (nSPS) is 10.8. The lowest BCUT2D eigenvalue weighted by Gasteiger charge is -2.15. The van der Waals surface area contributed by atoms with Crippen LogP contribution in [0.1, 0.15) is 5.76 Å². The van der Waals surface area contributed by atoms with Gasteiger partial charge in [0, 0.05) is 24.7 Å². The summed E-state index contributed by atoms with van der Waals surface area (Å²) >= 11 is 7.19. The van der Waals surface area contributed by atoms with Crippen LogP contribution in [-0.2, 0) is 18.4 Å². The number of hydrogen-bond acceptors (Lipinski definition) is 6. The second kappa shape index (κ2) is 7.71. The number of nitrogens with zero attached hydrogens (tertiary/aromatic N) is 5. The van der Waals surface area contributed by atoms with Gasteiger partial charge in [0.2, 0.25) is 11.1 Å². The van der Waals surface area contributed by atoms with Crippen molar-refractivity contribution in [1.29, 1.82) is 0 Å². The van der Waals surface area contributed by atoms with Gasteiger partial charge in [0.05, 0.1) is 12.3 Å². The molecule has 0 radical (unpaired) electrons. The van der Waals surface area contributed by atoms with Crippen LogP contribution in [0.3, 0.4) is 0 Å². The third-order valence-electron chi connectivity index (χ3n) is 3.52. The highest BCUT2D eigenvalue weighted by Crippen LogP contribution is 2.24. The number of thioether (sulfide) groups is 1. The molecule has 7 nitrogen and oxygen atoms in total. The van der Waals surface area contributed by atoms with E-state index in [1.807, 2.05) is 36.4 Å². The van der Waals surface area contributed by atoms with Crippen molar-refractivity contribution in [1.82, 2.24) is 25.1 Å². The Morgan fingerprint density at radius 3 is 2.72 bits per heavy atom. The molecule has 0 fully saturated rings. The molecule has 0 aliphatic rings. The van der Waals surface area contributed by atoms with Crippen LogP contribution in [0, 0.1) is 0 Å². The zero-order valence-electron chi connectivity index (χ0n) is 13.7. The Kier molecular flexibility index (Phi) is 5.40. The summed E-state index contributed by atoms with van der Waals surface area (Å²) in [6, 6.07) is 11.2. The lowest BCUT2D eigenvalue weighted by molar-refractivity contribution is -0.127. The van der Waals surface area contributed by atoms with Crippen molar-refractivity contribution in [3.8, 4) is 11.3 Å². The van der Waals surface area contributed by atoms with Crippen LogP contribution in [0.25, 0.3) is 11.3 Å². The number of furan rings is 1. The quantitative estimate of drug-likeness (QED) is 0.615. The van der Waals surface area contributed by atoms with Gasteiger partial charge < -0.3 is 9.32 Å². The Hall–Kier alpha value is -2.32. The predicted molar refractivity (Wildman–Crippen MR) is 95.2 cm³/mol. The minimum absolute atomic E-state index is 0.0301. The van der Waals surface area contributed by atoms with Gasteiger partial charge >= 0.3 is 0 Å². The molecule has 3 rings (SSSR count). The molecule has 0 aliphatic heterocycles. The first-order valence-corrected chi connectivity index (χ1v) is 8.83.